The highest BCUT2D eigenvalue weighted by molar-refractivity contribution is 5.81. The minimum Gasteiger partial charge on any atom is -0.388 e. The number of aliphatic hydroxyl groups is 4. The van der Waals surface area contributed by atoms with Gasteiger partial charge in [-0.3, -0.25) is 28.8 Å². The molecule has 24 nitrogen and oxygen atoms in total. The molecule has 0 spiro atoms. The van der Waals surface area contributed by atoms with Gasteiger partial charge in [0.1, 0.15) is 60.9 Å². The van der Waals surface area contributed by atoms with Gasteiger partial charge in [-0.2, -0.15) is 0 Å². The van der Waals surface area contributed by atoms with Gasteiger partial charge in [0.05, 0.1) is 30.4 Å². The Morgan fingerprint density at radius 2 is 0.947 bits per heavy atom. The van der Waals surface area contributed by atoms with Crippen molar-refractivity contribution in [2.75, 3.05) is 7.11 Å². The molecule has 4 aliphatic rings. The Morgan fingerprint density at radius 1 is 0.544 bits per heavy atom. The summed E-state index contributed by atoms with van der Waals surface area (Å²) in [6, 6.07) is -5.17. The van der Waals surface area contributed by atoms with E-state index in [0.29, 0.717) is 6.41 Å². The van der Waals surface area contributed by atoms with Gasteiger partial charge in [-0.15, -0.1) is 0 Å². The van der Waals surface area contributed by atoms with Gasteiger partial charge in [-0.25, -0.2) is 0 Å². The summed E-state index contributed by atoms with van der Waals surface area (Å²) in [5.41, 5.74) is 11.4. The van der Waals surface area contributed by atoms with Crippen molar-refractivity contribution in [2.45, 2.75) is 164 Å². The summed E-state index contributed by atoms with van der Waals surface area (Å²) < 4.78 is 46.7. The molecule has 0 aromatic rings. The number of nitrogens with one attached hydrogen (secondary N) is 4. The maximum Gasteiger partial charge on any atom is 0.249 e. The minimum atomic E-state index is -1.97. The molecule has 0 saturated carbocycles. The maximum absolute atomic E-state index is 13.0. The molecule has 4 heterocycles. The quantitative estimate of drug-likeness (QED) is 0.0728. The largest absolute Gasteiger partial charge is 0.388 e. The Balaban J connectivity index is 1.66. The van der Waals surface area contributed by atoms with Crippen molar-refractivity contribution in [1.29, 1.82) is 0 Å². The first kappa shape index (κ1) is 46.0. The zero-order chi connectivity index (χ0) is 42.6. The van der Waals surface area contributed by atoms with Crippen LogP contribution in [0.2, 0.25) is 0 Å². The molecule has 0 unspecified atom stereocenters. The number of methoxy groups -OCH3 is 1. The van der Waals surface area contributed by atoms with Crippen molar-refractivity contribution < 1.29 is 87.1 Å². The van der Waals surface area contributed by atoms with E-state index in [0.717, 1.165) is 13.8 Å². The van der Waals surface area contributed by atoms with Gasteiger partial charge in [0.15, 0.2) is 31.1 Å². The number of amides is 6. The number of primary amides is 2. The van der Waals surface area contributed by atoms with Crippen LogP contribution in [-0.4, -0.2) is 186 Å². The zero-order valence-corrected chi connectivity index (χ0v) is 32.3. The van der Waals surface area contributed by atoms with Crippen LogP contribution in [0.25, 0.3) is 0 Å². The molecule has 12 N–H and O–H groups in total. The first-order valence-corrected chi connectivity index (χ1v) is 18.1. The van der Waals surface area contributed by atoms with Crippen molar-refractivity contribution in [3.05, 3.63) is 0 Å². The Kier molecular flexibility index (Phi) is 15.7. The second-order valence-electron chi connectivity index (χ2n) is 14.4. The lowest BCUT2D eigenvalue weighted by Gasteiger charge is -2.50. The van der Waals surface area contributed by atoms with E-state index in [9.17, 15) is 49.2 Å². The fourth-order valence-corrected chi connectivity index (χ4v) is 7.48. The Morgan fingerprint density at radius 3 is 1.37 bits per heavy atom. The predicted molar refractivity (Wildman–Crippen MR) is 185 cm³/mol. The van der Waals surface area contributed by atoms with Crippen molar-refractivity contribution in [3.8, 4) is 0 Å². The minimum absolute atomic E-state index is 0.352. The number of hydrogen-bond acceptors (Lipinski definition) is 18. The molecule has 57 heavy (non-hydrogen) atoms. The van der Waals surface area contributed by atoms with Crippen LogP contribution >= 0.6 is 0 Å². The fraction of sp³-hybridized carbons (Fsp3) is 0.818. The van der Waals surface area contributed by atoms with E-state index >= 15 is 0 Å². The van der Waals surface area contributed by atoms with E-state index in [1.54, 1.807) is 13.8 Å². The normalized spacial score (nSPS) is 43.6. The molecule has 4 rings (SSSR count). The van der Waals surface area contributed by atoms with Crippen LogP contribution in [0.15, 0.2) is 0 Å². The number of rotatable bonds is 14. The molecule has 4 aliphatic heterocycles. The summed E-state index contributed by atoms with van der Waals surface area (Å²) in [4.78, 5) is 73.9. The number of hydrogen-bond donors (Lipinski definition) is 10. The molecule has 24 heteroatoms. The smallest absolute Gasteiger partial charge is 0.249 e. The second kappa shape index (κ2) is 19.4. The van der Waals surface area contributed by atoms with E-state index < -0.39 is 152 Å². The van der Waals surface area contributed by atoms with Crippen molar-refractivity contribution in [2.24, 2.45) is 11.5 Å². The molecule has 4 fully saturated rings. The fourth-order valence-electron chi connectivity index (χ4n) is 7.48. The maximum atomic E-state index is 13.0. The monoisotopic (exact) mass is 822 g/mol. The average molecular weight is 823 g/mol. The lowest BCUT2D eigenvalue weighted by Crippen LogP contribution is -2.72. The van der Waals surface area contributed by atoms with Crippen LogP contribution in [0.3, 0.4) is 0 Å². The van der Waals surface area contributed by atoms with E-state index in [1.807, 2.05) is 0 Å². The topological polar surface area (TPSA) is 357 Å². The Bertz CT molecular complexity index is 1460. The molecule has 20 atom stereocenters. The summed E-state index contributed by atoms with van der Waals surface area (Å²) >= 11 is 0. The lowest BCUT2D eigenvalue weighted by atomic mass is 9.92. The van der Waals surface area contributed by atoms with Gasteiger partial charge in [-0.05, 0) is 20.8 Å². The molecule has 0 bridgehead atoms. The summed E-state index contributed by atoms with van der Waals surface area (Å²) in [6.45, 7) is 8.06. The van der Waals surface area contributed by atoms with Gasteiger partial charge in [0.25, 0.3) is 0 Å². The van der Waals surface area contributed by atoms with Crippen molar-refractivity contribution in [1.82, 2.24) is 21.3 Å². The standard InChI is InChI=1S/C33H54N6O18/c1-9-15(36-8-40)20(45)26(50-7)33(52-9)55-25-22(47)18(39-14(6)43)32(57-28(25)30(35)49)54-24-21(46)17(38-13(5)42)31(56-27(24)29(34)48)53-23-16(37-12(4)41)10(2)51-11(3)19(23)44/h8-11,15-28,31-33,44-47H,1-7H3,(H2,34,48)(H2,35,49)(H,36,40)(H,37,41)(H,38,42)(H,39,43)/t9-,10+,11-,15-,16+,17-,18-,19-,20+,21-,22-,23-,24-,25-,26-,27+,28+,31+,32+,33+/m1/s1. The van der Waals surface area contributed by atoms with E-state index in [4.69, 9.17) is 49.4 Å². The van der Waals surface area contributed by atoms with Gasteiger partial charge in [-0.1, -0.05) is 0 Å². The van der Waals surface area contributed by atoms with Gasteiger partial charge < -0.3 is 91.1 Å². The van der Waals surface area contributed by atoms with E-state index in [-0.39, 0.29) is 0 Å². The van der Waals surface area contributed by atoms with Crippen LogP contribution in [0.1, 0.15) is 41.5 Å². The molecule has 4 saturated heterocycles. The summed E-state index contributed by atoms with van der Waals surface area (Å²) in [5, 5.41) is 55.4. The van der Waals surface area contributed by atoms with Crippen LogP contribution in [-0.2, 0) is 66.7 Å². The number of carbonyl (C=O) groups excluding carboxylic acids is 6. The molecule has 0 radical (unpaired) electrons. The van der Waals surface area contributed by atoms with E-state index in [1.165, 1.54) is 21.0 Å². The molecular formula is C33H54N6O18. The zero-order valence-electron chi connectivity index (χ0n) is 32.3. The first-order chi connectivity index (χ1) is 26.7. The van der Waals surface area contributed by atoms with Gasteiger partial charge in [0.2, 0.25) is 35.9 Å². The molecule has 6 amide bonds. The van der Waals surface area contributed by atoms with Crippen LogP contribution in [0, 0.1) is 0 Å². The predicted octanol–water partition coefficient (Wildman–Crippen LogP) is -6.80. The van der Waals surface area contributed by atoms with Gasteiger partial charge >= 0.3 is 0 Å². The van der Waals surface area contributed by atoms with Crippen molar-refractivity contribution in [3.63, 3.8) is 0 Å². The second-order valence-corrected chi connectivity index (χ2v) is 14.4. The number of ether oxygens (including phenoxy) is 8. The Hall–Kier alpha value is -3.66. The molecule has 0 aromatic heterocycles. The highest BCUT2D eigenvalue weighted by Gasteiger charge is 2.57. The third-order valence-electron chi connectivity index (χ3n) is 10.2. The average Bonchev–Trinajstić information content (AvgIpc) is 3.11. The SMILES string of the molecule is CO[C@H]1[C@H](O[C@@H]2[C@H](O)[C@@H](NC(C)=O)[C@@H](O[C@@H]3[C@H](O)[C@@H](NC(C)=O)[C@@H](O[C@H]4[C@H](O)[C@@H](C)O[C@@H](C)[C@@H]4NC(C)=O)O[C@@H]3C(N)=O)O[C@@H]2C(N)=O)O[C@H](C)[C@@H](NC=O)[C@@H]1O. The summed E-state index contributed by atoms with van der Waals surface area (Å²) in [7, 11) is 1.20. The van der Waals surface area contributed by atoms with Gasteiger partial charge in [0, 0.05) is 27.9 Å². The third kappa shape index (κ3) is 10.3. The highest BCUT2D eigenvalue weighted by atomic mass is 16.8. The van der Waals surface area contributed by atoms with E-state index in [2.05, 4.69) is 21.3 Å². The third-order valence-corrected chi connectivity index (χ3v) is 10.2. The van der Waals surface area contributed by atoms with Crippen LogP contribution in [0.5, 0.6) is 0 Å². The molecule has 0 aromatic carbocycles. The number of carbonyl (C=O) groups is 6. The summed E-state index contributed by atoms with van der Waals surface area (Å²) in [5.74, 6) is -4.44. The number of nitrogens with two attached hydrogens (primary N) is 2. The lowest BCUT2D eigenvalue weighted by molar-refractivity contribution is -0.350. The Labute approximate surface area is 326 Å². The first-order valence-electron chi connectivity index (χ1n) is 18.1. The molecular weight excluding hydrogens is 768 g/mol. The highest BCUT2D eigenvalue weighted by Crippen LogP contribution is 2.35. The summed E-state index contributed by atoms with van der Waals surface area (Å²) in [6.07, 6.45) is -24.1. The molecule has 0 aliphatic carbocycles. The van der Waals surface area contributed by atoms with Crippen molar-refractivity contribution >= 4 is 35.9 Å². The number of aliphatic hydroxyl groups excluding tert-OH is 4. The van der Waals surface area contributed by atoms with Crippen LogP contribution in [0.4, 0.5) is 0 Å². The van der Waals surface area contributed by atoms with Crippen LogP contribution < -0.4 is 32.7 Å². The molecule has 324 valence electrons.